The Morgan fingerprint density at radius 3 is 2.70 bits per heavy atom. The Morgan fingerprint density at radius 1 is 1.08 bits per heavy atom. The molecule has 0 spiro atoms. The number of amides is 2. The molecule has 9 nitrogen and oxygen atoms in total. The summed E-state index contributed by atoms with van der Waals surface area (Å²) >= 11 is 12.5. The van der Waals surface area contributed by atoms with Crippen molar-refractivity contribution in [2.75, 3.05) is 44.7 Å². The summed E-state index contributed by atoms with van der Waals surface area (Å²) in [5, 5.41) is 6.41. The second-order valence-corrected chi connectivity index (χ2v) is 9.46. The molecule has 1 fully saturated rings. The van der Waals surface area contributed by atoms with E-state index >= 15 is 0 Å². The van der Waals surface area contributed by atoms with Gasteiger partial charge in [0.25, 0.3) is 11.8 Å². The highest BCUT2D eigenvalue weighted by atomic mass is 35.5. The summed E-state index contributed by atoms with van der Waals surface area (Å²) in [6.07, 6.45) is 1.69. The van der Waals surface area contributed by atoms with Crippen LogP contribution in [0.2, 0.25) is 10.0 Å². The number of nitrogens with one attached hydrogen (secondary N) is 4. The molecule has 0 bridgehead atoms. The van der Waals surface area contributed by atoms with Crippen LogP contribution < -0.4 is 21.5 Å². The lowest BCUT2D eigenvalue weighted by atomic mass is 10.1. The van der Waals surface area contributed by atoms with E-state index in [1.165, 1.54) is 12.1 Å². The lowest BCUT2D eigenvalue weighted by Crippen LogP contribution is -2.50. The quantitative estimate of drug-likeness (QED) is 0.428. The van der Waals surface area contributed by atoms with Crippen LogP contribution in [0, 0.1) is 5.82 Å². The van der Waals surface area contributed by atoms with Crippen molar-refractivity contribution in [2.24, 2.45) is 0 Å². The van der Waals surface area contributed by atoms with E-state index in [9.17, 15) is 14.0 Å². The molecule has 0 radical (unpaired) electrons. The molecule has 0 atom stereocenters. The van der Waals surface area contributed by atoms with Gasteiger partial charge in [-0.15, -0.1) is 0 Å². The second-order valence-electron chi connectivity index (χ2n) is 8.68. The van der Waals surface area contributed by atoms with Crippen LogP contribution in [-0.2, 0) is 16.1 Å². The van der Waals surface area contributed by atoms with E-state index in [1.807, 2.05) is 4.90 Å². The highest BCUT2D eigenvalue weighted by Gasteiger charge is 2.26. The second kappa shape index (κ2) is 10.9. The Balaban J connectivity index is 1.32. The maximum absolute atomic E-state index is 14.1. The van der Waals surface area contributed by atoms with Crippen molar-refractivity contribution in [3.05, 3.63) is 86.7 Å². The van der Waals surface area contributed by atoms with Crippen molar-refractivity contribution >= 4 is 40.7 Å². The van der Waals surface area contributed by atoms with E-state index < -0.39 is 11.7 Å². The third-order valence-electron chi connectivity index (χ3n) is 6.28. The minimum atomic E-state index is -0.543. The van der Waals surface area contributed by atoms with Gasteiger partial charge in [-0.25, -0.2) is 4.39 Å². The van der Waals surface area contributed by atoms with E-state index in [4.69, 9.17) is 27.9 Å². The molecule has 2 amide bonds. The third kappa shape index (κ3) is 5.46. The SMILES string of the molecule is O=C(Nc1cccc(C(=O)N2CCOCC2)c1)C1=CC2=C(NCCN2Cc2c(Cl)ccc(F)c2Cl)NN1. The Hall–Kier alpha value is -3.47. The monoisotopic (exact) mass is 546 g/mol. The summed E-state index contributed by atoms with van der Waals surface area (Å²) in [4.78, 5) is 29.6. The van der Waals surface area contributed by atoms with Gasteiger partial charge in [0.15, 0.2) is 0 Å². The maximum Gasteiger partial charge on any atom is 0.273 e. The molecule has 5 rings (SSSR count). The van der Waals surface area contributed by atoms with Crippen LogP contribution in [-0.4, -0.2) is 61.0 Å². The molecule has 0 unspecified atom stereocenters. The van der Waals surface area contributed by atoms with Crippen molar-refractivity contribution in [1.82, 2.24) is 26.0 Å². The number of carbonyl (C=O) groups excluding carboxylic acids is 2. The van der Waals surface area contributed by atoms with Crippen molar-refractivity contribution in [3.8, 4) is 0 Å². The predicted octanol–water partition coefficient (Wildman–Crippen LogP) is 2.81. The van der Waals surface area contributed by atoms with E-state index in [-0.39, 0.29) is 23.2 Å². The third-order valence-corrected chi connectivity index (χ3v) is 7.04. The predicted molar refractivity (Wildman–Crippen MR) is 138 cm³/mol. The number of rotatable bonds is 5. The summed E-state index contributed by atoms with van der Waals surface area (Å²) in [6, 6.07) is 9.53. The summed E-state index contributed by atoms with van der Waals surface area (Å²) in [5.41, 5.74) is 8.30. The molecule has 2 aromatic rings. The van der Waals surface area contributed by atoms with Gasteiger partial charge in [0.2, 0.25) is 0 Å². The van der Waals surface area contributed by atoms with Crippen LogP contribution in [0.4, 0.5) is 10.1 Å². The van der Waals surface area contributed by atoms with Crippen LogP contribution in [0.15, 0.2) is 59.7 Å². The zero-order valence-electron chi connectivity index (χ0n) is 19.7. The highest BCUT2D eigenvalue weighted by molar-refractivity contribution is 6.36. The van der Waals surface area contributed by atoms with Crippen molar-refractivity contribution < 1.29 is 18.7 Å². The number of hydrogen-bond acceptors (Lipinski definition) is 7. The summed E-state index contributed by atoms with van der Waals surface area (Å²) in [5.74, 6) is -0.379. The van der Waals surface area contributed by atoms with E-state index in [2.05, 4.69) is 21.5 Å². The minimum Gasteiger partial charge on any atom is -0.378 e. The number of ether oxygens (including phenoxy) is 1. The van der Waals surface area contributed by atoms with Crippen LogP contribution in [0.5, 0.6) is 0 Å². The normalized spacial score (nSPS) is 17.2. The van der Waals surface area contributed by atoms with Gasteiger partial charge in [0.1, 0.15) is 17.3 Å². The van der Waals surface area contributed by atoms with E-state index in [1.54, 1.807) is 35.2 Å². The molecule has 0 aromatic heterocycles. The summed E-state index contributed by atoms with van der Waals surface area (Å²) in [7, 11) is 0. The molecule has 12 heteroatoms. The number of hydrogen-bond donors (Lipinski definition) is 4. The Labute approximate surface area is 223 Å². The van der Waals surface area contributed by atoms with E-state index in [0.717, 1.165) is 0 Å². The van der Waals surface area contributed by atoms with Gasteiger partial charge < -0.3 is 25.2 Å². The number of hydrazine groups is 1. The maximum atomic E-state index is 14.1. The fourth-order valence-corrected chi connectivity index (χ4v) is 4.82. The molecule has 0 saturated carbocycles. The van der Waals surface area contributed by atoms with Crippen LogP contribution in [0.1, 0.15) is 15.9 Å². The average molecular weight is 547 g/mol. The number of halogens is 3. The standard InChI is InChI=1S/C25H25Cl2FN6O3/c26-18-4-5-19(28)22(27)17(18)14-34-7-6-29-23-21(34)13-20(31-32-23)24(35)30-16-3-1-2-15(12-16)25(36)33-8-10-37-11-9-33/h1-5,12-13,29,31-32H,6-11,14H2,(H,30,35). The average Bonchev–Trinajstić information content (AvgIpc) is 2.93. The molecule has 0 aliphatic carbocycles. The molecule has 1 saturated heterocycles. The number of anilines is 1. The largest absolute Gasteiger partial charge is 0.378 e. The summed E-state index contributed by atoms with van der Waals surface area (Å²) < 4.78 is 19.4. The number of allylic oxidation sites excluding steroid dienone is 1. The molecule has 4 N–H and O–H groups in total. The molecule has 2 aromatic carbocycles. The molecular formula is C25H25Cl2FN6O3. The van der Waals surface area contributed by atoms with Gasteiger partial charge in [-0.3, -0.25) is 20.4 Å². The first-order valence-corrected chi connectivity index (χ1v) is 12.5. The van der Waals surface area contributed by atoms with Gasteiger partial charge in [0, 0.05) is 54.6 Å². The topological polar surface area (TPSA) is 98.0 Å². The van der Waals surface area contributed by atoms with Crippen molar-refractivity contribution in [1.29, 1.82) is 0 Å². The van der Waals surface area contributed by atoms with Gasteiger partial charge in [-0.2, -0.15) is 0 Å². The Kier molecular flexibility index (Phi) is 7.40. The highest BCUT2D eigenvalue weighted by Crippen LogP contribution is 2.30. The Bertz CT molecular complexity index is 1300. The van der Waals surface area contributed by atoms with Gasteiger partial charge >= 0.3 is 0 Å². The number of nitrogens with zero attached hydrogens (tertiary/aromatic N) is 2. The van der Waals surface area contributed by atoms with Crippen LogP contribution in [0.25, 0.3) is 0 Å². The number of morpholine rings is 1. The number of carbonyl (C=O) groups is 2. The first-order chi connectivity index (χ1) is 17.9. The molecule has 3 aliphatic rings. The zero-order valence-corrected chi connectivity index (χ0v) is 21.3. The molecule has 3 heterocycles. The van der Waals surface area contributed by atoms with E-state index in [0.29, 0.717) is 72.7 Å². The zero-order chi connectivity index (χ0) is 25.9. The smallest absolute Gasteiger partial charge is 0.273 e. The molecule has 37 heavy (non-hydrogen) atoms. The first kappa shape index (κ1) is 25.2. The lowest BCUT2D eigenvalue weighted by molar-refractivity contribution is -0.113. The fraction of sp³-hybridized carbons (Fsp3) is 0.280. The molecule has 194 valence electrons. The van der Waals surface area contributed by atoms with Crippen LogP contribution in [0.3, 0.4) is 0 Å². The number of benzene rings is 2. The van der Waals surface area contributed by atoms with Gasteiger partial charge in [0.05, 0.1) is 23.9 Å². The van der Waals surface area contributed by atoms with Crippen molar-refractivity contribution in [3.63, 3.8) is 0 Å². The Morgan fingerprint density at radius 2 is 1.89 bits per heavy atom. The molecular weight excluding hydrogens is 522 g/mol. The fourth-order valence-electron chi connectivity index (χ4n) is 4.33. The first-order valence-electron chi connectivity index (χ1n) is 11.8. The van der Waals surface area contributed by atoms with Crippen LogP contribution >= 0.6 is 23.2 Å². The minimum absolute atomic E-state index is 0.0245. The molecule has 3 aliphatic heterocycles. The van der Waals surface area contributed by atoms with Gasteiger partial charge in [-0.05, 0) is 36.4 Å². The van der Waals surface area contributed by atoms with Gasteiger partial charge in [-0.1, -0.05) is 29.3 Å². The van der Waals surface area contributed by atoms with Crippen molar-refractivity contribution in [2.45, 2.75) is 6.54 Å². The summed E-state index contributed by atoms with van der Waals surface area (Å²) in [6.45, 7) is 3.55. The lowest BCUT2D eigenvalue weighted by Gasteiger charge is -2.36.